The van der Waals surface area contributed by atoms with Gasteiger partial charge in [0.25, 0.3) is 0 Å². The predicted octanol–water partition coefficient (Wildman–Crippen LogP) is 3.30. The highest BCUT2D eigenvalue weighted by atomic mass is 35.5. The van der Waals surface area contributed by atoms with Crippen LogP contribution >= 0.6 is 23.4 Å². The minimum atomic E-state index is 0.454. The lowest BCUT2D eigenvalue weighted by atomic mass is 10.1. The molecule has 1 atom stereocenters. The number of aryl methyl sites for hydroxylation is 2. The maximum atomic E-state index is 6.42. The molecule has 0 aliphatic rings. The van der Waals surface area contributed by atoms with Gasteiger partial charge in [0, 0.05) is 25.3 Å². The Morgan fingerprint density at radius 3 is 2.53 bits per heavy atom. The summed E-state index contributed by atoms with van der Waals surface area (Å²) in [6.45, 7) is 9.70. The molecule has 1 aromatic rings. The lowest BCUT2D eigenvalue weighted by Crippen LogP contribution is -2.34. The van der Waals surface area contributed by atoms with Gasteiger partial charge in [-0.1, -0.05) is 39.3 Å². The molecule has 0 bridgehead atoms. The van der Waals surface area contributed by atoms with Gasteiger partial charge >= 0.3 is 0 Å². The Morgan fingerprint density at radius 2 is 2.05 bits per heavy atom. The van der Waals surface area contributed by atoms with Crippen LogP contribution in [0.4, 0.5) is 0 Å². The third kappa shape index (κ3) is 5.01. The van der Waals surface area contributed by atoms with Gasteiger partial charge in [-0.15, -0.1) is 0 Å². The van der Waals surface area contributed by atoms with Gasteiger partial charge in [-0.2, -0.15) is 16.9 Å². The number of halogens is 1. The average Bonchev–Trinajstić information content (AvgIpc) is 2.63. The van der Waals surface area contributed by atoms with Crippen LogP contribution in [0.25, 0.3) is 0 Å². The molecule has 0 aromatic carbocycles. The Bertz CT molecular complexity index is 390. The Balaban J connectivity index is 2.75. The highest BCUT2D eigenvalue weighted by Crippen LogP contribution is 2.23. The van der Waals surface area contributed by atoms with E-state index >= 15 is 0 Å². The predicted molar refractivity (Wildman–Crippen MR) is 86.4 cm³/mol. The largest absolute Gasteiger partial charge is 0.313 e. The summed E-state index contributed by atoms with van der Waals surface area (Å²) in [7, 11) is 1.99. The molecule has 0 saturated carbocycles. The molecule has 3 nitrogen and oxygen atoms in total. The molecule has 5 heteroatoms. The van der Waals surface area contributed by atoms with Gasteiger partial charge in [-0.3, -0.25) is 4.68 Å². The van der Waals surface area contributed by atoms with Crippen LogP contribution < -0.4 is 5.32 Å². The molecule has 0 aliphatic carbocycles. The van der Waals surface area contributed by atoms with E-state index < -0.39 is 0 Å². The SMILES string of the molecule is CCNC(CSC(C)C)Cc1c(Cl)c(CC)nn1C. The Labute approximate surface area is 126 Å². The number of thioether (sulfide) groups is 1. The first-order chi connectivity index (χ1) is 8.99. The lowest BCUT2D eigenvalue weighted by Gasteiger charge is -2.19. The van der Waals surface area contributed by atoms with Crippen LogP contribution in [0.15, 0.2) is 0 Å². The summed E-state index contributed by atoms with van der Waals surface area (Å²) < 4.78 is 1.94. The third-order valence-electron chi connectivity index (χ3n) is 3.07. The molecule has 0 spiro atoms. The lowest BCUT2D eigenvalue weighted by molar-refractivity contribution is 0.548. The highest BCUT2D eigenvalue weighted by molar-refractivity contribution is 7.99. The van der Waals surface area contributed by atoms with Gasteiger partial charge < -0.3 is 5.32 Å². The standard InChI is InChI=1S/C14H26ClN3S/c1-6-12-14(15)13(18(5)17-12)8-11(16-7-2)9-19-10(3)4/h10-11,16H,6-9H2,1-5H3. The number of hydrogen-bond donors (Lipinski definition) is 1. The van der Waals surface area contributed by atoms with E-state index in [1.807, 2.05) is 23.5 Å². The van der Waals surface area contributed by atoms with Crippen LogP contribution in [-0.4, -0.2) is 33.4 Å². The molecule has 1 heterocycles. The fourth-order valence-corrected chi connectivity index (χ4v) is 3.29. The summed E-state index contributed by atoms with van der Waals surface area (Å²) in [4.78, 5) is 0. The molecule has 0 fully saturated rings. The molecule has 19 heavy (non-hydrogen) atoms. The summed E-state index contributed by atoms with van der Waals surface area (Å²) in [6.07, 6.45) is 1.83. The monoisotopic (exact) mass is 303 g/mol. The quantitative estimate of drug-likeness (QED) is 0.799. The van der Waals surface area contributed by atoms with E-state index in [1.165, 1.54) is 0 Å². The molecule has 0 saturated heterocycles. The van der Waals surface area contributed by atoms with Crippen LogP contribution in [0.5, 0.6) is 0 Å². The van der Waals surface area contributed by atoms with Crippen LogP contribution in [0.2, 0.25) is 5.02 Å². The number of rotatable bonds is 8. The molecule has 1 rings (SSSR count). The van der Waals surface area contributed by atoms with Crippen molar-refractivity contribution in [3.8, 4) is 0 Å². The van der Waals surface area contributed by atoms with Crippen LogP contribution in [0.1, 0.15) is 39.1 Å². The molecule has 1 N–H and O–H groups in total. The van der Waals surface area contributed by atoms with Crippen molar-refractivity contribution in [1.82, 2.24) is 15.1 Å². The summed E-state index contributed by atoms with van der Waals surface area (Å²) in [5.41, 5.74) is 2.15. The zero-order valence-corrected chi connectivity index (χ0v) is 14.2. The molecular weight excluding hydrogens is 278 g/mol. The zero-order valence-electron chi connectivity index (χ0n) is 12.7. The topological polar surface area (TPSA) is 29.9 Å². The van der Waals surface area contributed by atoms with E-state index in [1.54, 1.807) is 0 Å². The van der Waals surface area contributed by atoms with Crippen molar-refractivity contribution < 1.29 is 0 Å². The number of aromatic nitrogens is 2. The molecule has 1 aromatic heterocycles. The Hall–Kier alpha value is -0.190. The number of likely N-dealkylation sites (N-methyl/N-ethyl adjacent to an activating group) is 1. The van der Waals surface area contributed by atoms with E-state index in [4.69, 9.17) is 11.6 Å². The first-order valence-electron chi connectivity index (χ1n) is 7.04. The van der Waals surface area contributed by atoms with Crippen LogP contribution in [-0.2, 0) is 19.9 Å². The van der Waals surface area contributed by atoms with E-state index in [9.17, 15) is 0 Å². The van der Waals surface area contributed by atoms with Gasteiger partial charge in [0.05, 0.1) is 16.4 Å². The maximum absolute atomic E-state index is 6.42. The average molecular weight is 304 g/mol. The van der Waals surface area contributed by atoms with Crippen molar-refractivity contribution in [3.63, 3.8) is 0 Å². The van der Waals surface area contributed by atoms with Crippen molar-refractivity contribution >= 4 is 23.4 Å². The number of nitrogens with zero attached hydrogens (tertiary/aromatic N) is 2. The van der Waals surface area contributed by atoms with E-state index in [0.29, 0.717) is 11.3 Å². The van der Waals surface area contributed by atoms with Crippen molar-refractivity contribution in [1.29, 1.82) is 0 Å². The summed E-state index contributed by atoms with van der Waals surface area (Å²) in [5.74, 6) is 1.11. The summed E-state index contributed by atoms with van der Waals surface area (Å²) in [6, 6.07) is 0.454. The van der Waals surface area contributed by atoms with Gasteiger partial charge in [0.2, 0.25) is 0 Å². The smallest absolute Gasteiger partial charge is 0.0850 e. The second-order valence-corrected chi connectivity index (χ2v) is 7.01. The minimum absolute atomic E-state index is 0.454. The molecule has 110 valence electrons. The fraction of sp³-hybridized carbons (Fsp3) is 0.786. The Kier molecular flexibility index (Phi) is 7.26. The maximum Gasteiger partial charge on any atom is 0.0850 e. The molecule has 0 radical (unpaired) electrons. The highest BCUT2D eigenvalue weighted by Gasteiger charge is 2.17. The second-order valence-electron chi connectivity index (χ2n) is 5.03. The fourth-order valence-electron chi connectivity index (χ4n) is 2.06. The van der Waals surface area contributed by atoms with Gasteiger partial charge in [0.15, 0.2) is 0 Å². The third-order valence-corrected chi connectivity index (χ3v) is 4.76. The van der Waals surface area contributed by atoms with E-state index in [2.05, 4.69) is 38.1 Å². The van der Waals surface area contributed by atoms with E-state index in [0.717, 1.165) is 41.5 Å². The molecular formula is C14H26ClN3S. The minimum Gasteiger partial charge on any atom is -0.313 e. The number of nitrogens with one attached hydrogen (secondary N) is 1. The first-order valence-corrected chi connectivity index (χ1v) is 8.47. The molecule has 0 amide bonds. The van der Waals surface area contributed by atoms with Gasteiger partial charge in [-0.05, 0) is 18.2 Å². The zero-order chi connectivity index (χ0) is 14.4. The van der Waals surface area contributed by atoms with Gasteiger partial charge in [-0.25, -0.2) is 0 Å². The van der Waals surface area contributed by atoms with Crippen molar-refractivity contribution in [2.45, 2.75) is 51.8 Å². The summed E-state index contributed by atoms with van der Waals surface area (Å²) >= 11 is 8.41. The van der Waals surface area contributed by atoms with Crippen molar-refractivity contribution in [3.05, 3.63) is 16.4 Å². The van der Waals surface area contributed by atoms with Crippen molar-refractivity contribution in [2.24, 2.45) is 7.05 Å². The summed E-state index contributed by atoms with van der Waals surface area (Å²) in [5, 5.41) is 9.55. The Morgan fingerprint density at radius 1 is 1.37 bits per heavy atom. The van der Waals surface area contributed by atoms with Gasteiger partial charge in [0.1, 0.15) is 0 Å². The van der Waals surface area contributed by atoms with Crippen molar-refractivity contribution in [2.75, 3.05) is 12.3 Å². The second kappa shape index (κ2) is 8.18. The molecule has 1 unspecified atom stereocenters. The normalized spacial score (nSPS) is 13.2. The number of hydrogen-bond acceptors (Lipinski definition) is 3. The van der Waals surface area contributed by atoms with E-state index in [-0.39, 0.29) is 0 Å². The van der Waals surface area contributed by atoms with Crippen LogP contribution in [0.3, 0.4) is 0 Å². The first kappa shape index (κ1) is 16.9. The van der Waals surface area contributed by atoms with Crippen LogP contribution in [0, 0.1) is 0 Å². The molecule has 0 aliphatic heterocycles.